The van der Waals surface area contributed by atoms with Gasteiger partial charge in [-0.05, 0) is 49.9 Å². The molecule has 106 valence electrons. The smallest absolute Gasteiger partial charge is 0.140 e. The molecule has 0 saturated heterocycles. The molecule has 0 unspecified atom stereocenters. The Kier molecular flexibility index (Phi) is 4.68. The number of nitrogens with two attached hydrogens (primary N) is 1. The summed E-state index contributed by atoms with van der Waals surface area (Å²) in [7, 11) is 0. The van der Waals surface area contributed by atoms with E-state index in [1.165, 1.54) is 6.07 Å². The van der Waals surface area contributed by atoms with Gasteiger partial charge < -0.3 is 10.5 Å². The van der Waals surface area contributed by atoms with Crippen LogP contribution in [0, 0.1) is 12.7 Å². The van der Waals surface area contributed by atoms with Gasteiger partial charge in [-0.25, -0.2) is 4.39 Å². The summed E-state index contributed by atoms with van der Waals surface area (Å²) in [6.45, 7) is 3.53. The Morgan fingerprint density at radius 3 is 2.55 bits per heavy atom. The van der Waals surface area contributed by atoms with Crippen molar-refractivity contribution in [3.8, 4) is 11.5 Å². The lowest BCUT2D eigenvalue weighted by Gasteiger charge is -2.16. The van der Waals surface area contributed by atoms with Crippen molar-refractivity contribution in [2.45, 2.75) is 24.8 Å². The van der Waals surface area contributed by atoms with Crippen LogP contribution in [0.15, 0.2) is 41.3 Å². The molecule has 2 rings (SSSR count). The normalized spacial score (nSPS) is 12.2. The fraction of sp³-hybridized carbons (Fsp3) is 0.250. The molecular formula is C16H18FNOS. The number of ether oxygens (including phenoxy) is 1. The molecule has 0 aliphatic heterocycles. The van der Waals surface area contributed by atoms with Gasteiger partial charge in [0, 0.05) is 16.5 Å². The molecule has 0 fully saturated rings. The monoisotopic (exact) mass is 291 g/mol. The van der Waals surface area contributed by atoms with Crippen LogP contribution in [0.4, 0.5) is 4.39 Å². The van der Waals surface area contributed by atoms with Crippen LogP contribution in [0.3, 0.4) is 0 Å². The first-order chi connectivity index (χ1) is 9.52. The van der Waals surface area contributed by atoms with Gasteiger partial charge in [0.1, 0.15) is 17.3 Å². The van der Waals surface area contributed by atoms with Crippen LogP contribution < -0.4 is 10.5 Å². The topological polar surface area (TPSA) is 35.2 Å². The maximum Gasteiger partial charge on any atom is 0.140 e. The molecule has 1 atom stereocenters. The third kappa shape index (κ3) is 3.14. The van der Waals surface area contributed by atoms with Crippen molar-refractivity contribution in [3.05, 3.63) is 53.3 Å². The van der Waals surface area contributed by atoms with Crippen LogP contribution in [0.1, 0.15) is 24.1 Å². The van der Waals surface area contributed by atoms with Crippen LogP contribution >= 0.6 is 11.8 Å². The summed E-state index contributed by atoms with van der Waals surface area (Å²) >= 11 is 1.61. The van der Waals surface area contributed by atoms with Crippen LogP contribution in [0.2, 0.25) is 0 Å². The molecule has 4 heteroatoms. The van der Waals surface area contributed by atoms with E-state index in [1.54, 1.807) is 24.8 Å². The van der Waals surface area contributed by atoms with Crippen molar-refractivity contribution in [1.29, 1.82) is 0 Å². The number of hydrogen-bond donors (Lipinski definition) is 1. The fourth-order valence-corrected chi connectivity index (χ4v) is 2.46. The summed E-state index contributed by atoms with van der Waals surface area (Å²) in [5, 5.41) is 0. The van der Waals surface area contributed by atoms with Crippen LogP contribution in [-0.4, -0.2) is 6.26 Å². The molecular weight excluding hydrogens is 273 g/mol. The van der Waals surface area contributed by atoms with Gasteiger partial charge in [0.2, 0.25) is 0 Å². The van der Waals surface area contributed by atoms with Crippen LogP contribution in [0.25, 0.3) is 0 Å². The van der Waals surface area contributed by atoms with E-state index >= 15 is 0 Å². The lowest BCUT2D eigenvalue weighted by atomic mass is 10.1. The fourth-order valence-electron chi connectivity index (χ4n) is 1.94. The van der Waals surface area contributed by atoms with Gasteiger partial charge in [0.25, 0.3) is 0 Å². The molecule has 2 N–H and O–H groups in total. The van der Waals surface area contributed by atoms with Crippen molar-refractivity contribution >= 4 is 11.8 Å². The Hall–Kier alpha value is -1.52. The highest BCUT2D eigenvalue weighted by Gasteiger charge is 2.14. The van der Waals surface area contributed by atoms with Gasteiger partial charge in [-0.3, -0.25) is 0 Å². The summed E-state index contributed by atoms with van der Waals surface area (Å²) < 4.78 is 19.6. The Morgan fingerprint density at radius 2 is 1.90 bits per heavy atom. The van der Waals surface area contributed by atoms with Gasteiger partial charge >= 0.3 is 0 Å². The highest BCUT2D eigenvalue weighted by Crippen LogP contribution is 2.35. The summed E-state index contributed by atoms with van der Waals surface area (Å²) in [6, 6.07) is 10.6. The van der Waals surface area contributed by atoms with Crippen molar-refractivity contribution in [3.63, 3.8) is 0 Å². The first-order valence-electron chi connectivity index (χ1n) is 6.39. The Bertz CT molecular complexity index is 613. The number of benzene rings is 2. The molecule has 2 aromatic rings. The molecule has 2 nitrogen and oxygen atoms in total. The van der Waals surface area contributed by atoms with E-state index in [2.05, 4.69) is 0 Å². The third-order valence-electron chi connectivity index (χ3n) is 3.07. The molecule has 0 bridgehead atoms. The van der Waals surface area contributed by atoms with Crippen LogP contribution in [0.5, 0.6) is 11.5 Å². The van der Waals surface area contributed by atoms with Gasteiger partial charge in [0.05, 0.1) is 0 Å². The van der Waals surface area contributed by atoms with Crippen LogP contribution in [-0.2, 0) is 0 Å². The quantitative estimate of drug-likeness (QED) is 0.832. The molecule has 0 saturated carbocycles. The number of halogens is 1. The largest absolute Gasteiger partial charge is 0.456 e. The first kappa shape index (κ1) is 14.9. The summed E-state index contributed by atoms with van der Waals surface area (Å²) in [5.41, 5.74) is 7.12. The van der Waals surface area contributed by atoms with E-state index in [9.17, 15) is 4.39 Å². The van der Waals surface area contributed by atoms with Gasteiger partial charge in [-0.1, -0.05) is 12.1 Å². The SMILES string of the molecule is CSc1ccccc1Oc1cc(C)c(F)cc1[C@H](C)N. The average Bonchev–Trinajstić information content (AvgIpc) is 2.43. The van der Waals surface area contributed by atoms with E-state index in [-0.39, 0.29) is 11.9 Å². The van der Waals surface area contributed by atoms with E-state index < -0.39 is 0 Å². The second-order valence-corrected chi connectivity index (χ2v) is 5.53. The van der Waals surface area contributed by atoms with E-state index in [0.29, 0.717) is 16.9 Å². The number of para-hydroxylation sites is 1. The van der Waals surface area contributed by atoms with E-state index in [4.69, 9.17) is 10.5 Å². The van der Waals surface area contributed by atoms with Crippen molar-refractivity contribution in [2.24, 2.45) is 5.73 Å². The summed E-state index contributed by atoms with van der Waals surface area (Å²) in [6.07, 6.45) is 1.99. The maximum atomic E-state index is 13.7. The third-order valence-corrected chi connectivity index (χ3v) is 3.85. The molecule has 2 aromatic carbocycles. The minimum Gasteiger partial charge on any atom is -0.456 e. The van der Waals surface area contributed by atoms with E-state index in [0.717, 1.165) is 10.6 Å². The molecule has 0 aliphatic carbocycles. The van der Waals surface area contributed by atoms with Gasteiger partial charge in [-0.15, -0.1) is 11.8 Å². The lowest BCUT2D eigenvalue weighted by Crippen LogP contribution is -2.08. The minimum absolute atomic E-state index is 0.261. The second kappa shape index (κ2) is 6.29. The Labute approximate surface area is 123 Å². The molecule has 0 radical (unpaired) electrons. The van der Waals surface area contributed by atoms with Crippen molar-refractivity contribution < 1.29 is 9.13 Å². The van der Waals surface area contributed by atoms with Gasteiger partial charge in [-0.2, -0.15) is 0 Å². The predicted molar refractivity (Wildman–Crippen MR) is 82.0 cm³/mol. The Morgan fingerprint density at radius 1 is 1.20 bits per heavy atom. The standard InChI is InChI=1S/C16H18FNOS/c1-10-8-15(12(11(2)18)9-13(10)17)19-14-6-4-5-7-16(14)20-3/h4-9,11H,18H2,1-3H3/t11-/m0/s1. The number of rotatable bonds is 4. The predicted octanol–water partition coefficient (Wildman–Crippen LogP) is 4.67. The zero-order valence-electron chi connectivity index (χ0n) is 11.8. The van der Waals surface area contributed by atoms with Crippen molar-refractivity contribution in [2.75, 3.05) is 6.26 Å². The average molecular weight is 291 g/mol. The summed E-state index contributed by atoms with van der Waals surface area (Å²) in [4.78, 5) is 1.03. The highest BCUT2D eigenvalue weighted by molar-refractivity contribution is 7.98. The molecule has 0 spiro atoms. The zero-order valence-corrected chi connectivity index (χ0v) is 12.6. The number of hydrogen-bond acceptors (Lipinski definition) is 3. The Balaban J connectivity index is 2.45. The molecule has 0 aromatic heterocycles. The number of aryl methyl sites for hydroxylation is 1. The molecule has 0 aliphatic rings. The van der Waals surface area contributed by atoms with Crippen molar-refractivity contribution in [1.82, 2.24) is 0 Å². The van der Waals surface area contributed by atoms with Gasteiger partial charge in [0.15, 0.2) is 0 Å². The number of thioether (sulfide) groups is 1. The zero-order chi connectivity index (χ0) is 14.7. The minimum atomic E-state index is -0.290. The molecule has 0 heterocycles. The molecule has 0 amide bonds. The highest BCUT2D eigenvalue weighted by atomic mass is 32.2. The lowest BCUT2D eigenvalue weighted by molar-refractivity contribution is 0.458. The maximum absolute atomic E-state index is 13.7. The molecule has 20 heavy (non-hydrogen) atoms. The van der Waals surface area contributed by atoms with E-state index in [1.807, 2.05) is 37.4 Å². The first-order valence-corrected chi connectivity index (χ1v) is 7.62. The summed E-state index contributed by atoms with van der Waals surface area (Å²) in [5.74, 6) is 1.11. The second-order valence-electron chi connectivity index (χ2n) is 4.68.